The van der Waals surface area contributed by atoms with Gasteiger partial charge in [0.2, 0.25) is 0 Å². The largest absolute Gasteiger partial charge is 0.508 e. The summed E-state index contributed by atoms with van der Waals surface area (Å²) in [5, 5.41) is 10.2. The Morgan fingerprint density at radius 3 is 2.38 bits per heavy atom. The zero-order valence-corrected chi connectivity index (χ0v) is 26.1. The van der Waals surface area contributed by atoms with E-state index in [4.69, 9.17) is 4.74 Å². The van der Waals surface area contributed by atoms with Crippen LogP contribution in [-0.4, -0.2) is 42.5 Å². The van der Waals surface area contributed by atoms with Crippen LogP contribution in [0.15, 0.2) is 18.2 Å². The predicted molar refractivity (Wildman–Crippen MR) is 164 cm³/mol. The number of carbonyl (C=O) groups is 1. The van der Waals surface area contributed by atoms with Gasteiger partial charge in [-0.1, -0.05) is 51.5 Å². The molecule has 0 aromatic heterocycles. The third kappa shape index (κ3) is 8.61. The molecular weight excluding hydrogens is 526 g/mol. The fourth-order valence-electron chi connectivity index (χ4n) is 8.30. The van der Waals surface area contributed by atoms with Crippen LogP contribution >= 0.6 is 11.8 Å². The normalized spacial score (nSPS) is 28.6. The Labute approximate surface area is 246 Å². The number of esters is 1. The number of alkyl halides is 2. The number of halogens is 2. The Kier molecular flexibility index (Phi) is 14.1. The van der Waals surface area contributed by atoms with E-state index in [1.165, 1.54) is 74.7 Å². The third-order valence-corrected chi connectivity index (χ3v) is 11.3. The first-order chi connectivity index (χ1) is 19.4. The maximum atomic E-state index is 12.1. The monoisotopic (exact) mass is 580 g/mol. The fraction of sp³-hybridized carbons (Fsp3) is 0.794. The molecule has 1 N–H and O–H groups in total. The van der Waals surface area contributed by atoms with Gasteiger partial charge in [0.25, 0.3) is 0 Å². The van der Waals surface area contributed by atoms with Crippen LogP contribution in [0, 0.1) is 23.2 Å². The van der Waals surface area contributed by atoms with E-state index in [1.807, 2.05) is 23.9 Å². The van der Waals surface area contributed by atoms with Gasteiger partial charge in [-0.2, -0.15) is 11.8 Å². The lowest BCUT2D eigenvalue weighted by atomic mass is 9.52. The van der Waals surface area contributed by atoms with E-state index in [0.717, 1.165) is 44.3 Å². The molecule has 6 atom stereocenters. The SMILES string of the molecule is CC(=O)O[C@H]1CCC2C3C(CC[C@@]21C)c1ccc(O)cc1C[C@H]3CCCCCCCCCSCCCCF.CF. The average molecular weight is 581 g/mol. The average Bonchev–Trinajstić information content (AvgIpc) is 3.27. The Hall–Kier alpha value is -1.30. The number of rotatable bonds is 15. The van der Waals surface area contributed by atoms with Gasteiger partial charge in [-0.05, 0) is 116 Å². The van der Waals surface area contributed by atoms with E-state index < -0.39 is 0 Å². The van der Waals surface area contributed by atoms with Crippen LogP contribution in [0.25, 0.3) is 0 Å². The molecule has 3 unspecified atom stereocenters. The van der Waals surface area contributed by atoms with Gasteiger partial charge in [0.15, 0.2) is 0 Å². The van der Waals surface area contributed by atoms with Crippen molar-refractivity contribution in [2.75, 3.05) is 25.4 Å². The molecule has 2 fully saturated rings. The highest BCUT2D eigenvalue weighted by Gasteiger charge is 2.57. The first-order valence-electron chi connectivity index (χ1n) is 15.9. The Morgan fingerprint density at radius 2 is 1.68 bits per heavy atom. The van der Waals surface area contributed by atoms with Crippen LogP contribution in [-0.2, 0) is 16.0 Å². The van der Waals surface area contributed by atoms with Crippen molar-refractivity contribution in [3.05, 3.63) is 29.3 Å². The summed E-state index contributed by atoms with van der Waals surface area (Å²) < 4.78 is 27.5. The lowest BCUT2D eigenvalue weighted by molar-refractivity contribution is -0.155. The predicted octanol–water partition coefficient (Wildman–Crippen LogP) is 9.60. The Bertz CT molecular complexity index is 896. The molecular formula is C34H54F2O3S. The van der Waals surface area contributed by atoms with Gasteiger partial charge in [-0.25, -0.2) is 0 Å². The summed E-state index contributed by atoms with van der Waals surface area (Å²) in [5.74, 6) is 5.12. The summed E-state index contributed by atoms with van der Waals surface area (Å²) in [6.07, 6.45) is 17.9. The first-order valence-corrected chi connectivity index (χ1v) is 17.1. The van der Waals surface area contributed by atoms with Crippen LogP contribution in [0.3, 0.4) is 0 Å². The van der Waals surface area contributed by atoms with Gasteiger partial charge in [-0.3, -0.25) is 13.6 Å². The summed E-state index contributed by atoms with van der Waals surface area (Å²) >= 11 is 1.99. The summed E-state index contributed by atoms with van der Waals surface area (Å²) in [6.45, 7) is 3.79. The molecule has 6 heteroatoms. The minimum Gasteiger partial charge on any atom is -0.508 e. The summed E-state index contributed by atoms with van der Waals surface area (Å²) in [4.78, 5) is 11.9. The summed E-state index contributed by atoms with van der Waals surface area (Å²) in [6, 6.07) is 6.11. The lowest BCUT2D eigenvalue weighted by Gasteiger charge is -2.53. The molecule has 4 rings (SSSR count). The van der Waals surface area contributed by atoms with Crippen molar-refractivity contribution in [3.63, 3.8) is 0 Å². The van der Waals surface area contributed by atoms with Gasteiger partial charge >= 0.3 is 5.97 Å². The minimum atomic E-state index is -0.171. The first kappa shape index (κ1) is 33.2. The molecule has 0 aliphatic heterocycles. The number of fused-ring (bicyclic) bond motifs is 5. The van der Waals surface area contributed by atoms with E-state index in [0.29, 0.717) is 36.6 Å². The molecule has 1 aromatic carbocycles. The molecule has 0 spiro atoms. The van der Waals surface area contributed by atoms with E-state index in [1.54, 1.807) is 6.92 Å². The van der Waals surface area contributed by atoms with Crippen LogP contribution in [0.4, 0.5) is 8.78 Å². The maximum absolute atomic E-state index is 12.1. The van der Waals surface area contributed by atoms with Crippen molar-refractivity contribution in [1.82, 2.24) is 0 Å². The number of hydrogen-bond acceptors (Lipinski definition) is 4. The second-order valence-corrected chi connectivity index (χ2v) is 13.9. The van der Waals surface area contributed by atoms with E-state index in [2.05, 4.69) is 13.0 Å². The van der Waals surface area contributed by atoms with Crippen molar-refractivity contribution >= 4 is 17.7 Å². The molecule has 0 radical (unpaired) electrons. The highest BCUT2D eigenvalue weighted by molar-refractivity contribution is 7.99. The molecule has 3 aliphatic rings. The van der Waals surface area contributed by atoms with Crippen LogP contribution < -0.4 is 0 Å². The van der Waals surface area contributed by atoms with E-state index in [9.17, 15) is 18.7 Å². The molecule has 0 amide bonds. The summed E-state index contributed by atoms with van der Waals surface area (Å²) in [5.41, 5.74) is 2.95. The highest BCUT2D eigenvalue weighted by atomic mass is 32.2. The molecule has 3 aliphatic carbocycles. The number of benzene rings is 1. The van der Waals surface area contributed by atoms with Crippen molar-refractivity contribution in [3.8, 4) is 5.75 Å². The molecule has 0 heterocycles. The van der Waals surface area contributed by atoms with Crippen LogP contribution in [0.1, 0.15) is 121 Å². The van der Waals surface area contributed by atoms with Gasteiger partial charge in [-0.15, -0.1) is 0 Å². The van der Waals surface area contributed by atoms with Crippen molar-refractivity contribution in [2.45, 2.75) is 122 Å². The minimum absolute atomic E-state index is 0.0707. The van der Waals surface area contributed by atoms with Gasteiger partial charge in [0.1, 0.15) is 11.9 Å². The summed E-state index contributed by atoms with van der Waals surface area (Å²) in [7, 11) is 0.500. The number of unbranched alkanes of at least 4 members (excludes halogenated alkanes) is 7. The van der Waals surface area contributed by atoms with E-state index >= 15 is 0 Å². The number of hydrogen-bond donors (Lipinski definition) is 1. The molecule has 40 heavy (non-hydrogen) atoms. The number of phenolic OH excluding ortho intramolecular Hbond substituents is 1. The standard InChI is InChI=1S/C33H51FO3S.CH3F/c1-24(35)37-31-16-15-30-32-25(12-8-6-4-3-5-7-10-20-38-21-11-9-19-34)22-26-23-27(36)13-14-28(26)29(32)17-18-33(30,31)2;1-2/h13-14,23,25,29-32,36H,3-12,15-22H2,1-2H3;1H3/t25-,29?,30?,31+,32?,33+;/m1./s1. The van der Waals surface area contributed by atoms with Crippen molar-refractivity contribution < 1.29 is 23.4 Å². The van der Waals surface area contributed by atoms with Crippen molar-refractivity contribution in [1.29, 1.82) is 0 Å². The number of ether oxygens (including phenoxy) is 1. The maximum Gasteiger partial charge on any atom is 0.302 e. The fourth-order valence-corrected chi connectivity index (χ4v) is 9.32. The quantitative estimate of drug-likeness (QED) is 0.166. The lowest BCUT2D eigenvalue weighted by Crippen LogP contribution is -2.48. The molecule has 228 valence electrons. The smallest absolute Gasteiger partial charge is 0.302 e. The zero-order valence-electron chi connectivity index (χ0n) is 25.3. The highest BCUT2D eigenvalue weighted by Crippen LogP contribution is 2.63. The second kappa shape index (κ2) is 17.0. The van der Waals surface area contributed by atoms with Gasteiger partial charge < -0.3 is 9.84 Å². The third-order valence-electron chi connectivity index (χ3n) is 10.1. The molecule has 0 saturated heterocycles. The zero-order chi connectivity index (χ0) is 29.0. The van der Waals surface area contributed by atoms with Crippen LogP contribution in [0.5, 0.6) is 5.75 Å². The Morgan fingerprint density at radius 1 is 1.00 bits per heavy atom. The number of thioether (sulfide) groups is 1. The Balaban J connectivity index is 0.00000216. The van der Waals surface area contributed by atoms with Gasteiger partial charge in [0, 0.05) is 12.3 Å². The molecule has 0 bridgehead atoms. The topological polar surface area (TPSA) is 46.5 Å². The van der Waals surface area contributed by atoms with Crippen LogP contribution in [0.2, 0.25) is 0 Å². The molecule has 2 saturated carbocycles. The van der Waals surface area contributed by atoms with Crippen molar-refractivity contribution in [2.24, 2.45) is 23.2 Å². The van der Waals surface area contributed by atoms with Gasteiger partial charge in [0.05, 0.1) is 13.9 Å². The number of aromatic hydroxyl groups is 1. The molecule has 1 aromatic rings. The van der Waals surface area contributed by atoms with E-state index in [-0.39, 0.29) is 24.2 Å². The number of carbonyl (C=O) groups excluding carboxylic acids is 1. The number of phenols is 1. The second-order valence-electron chi connectivity index (χ2n) is 12.6. The molecule has 3 nitrogen and oxygen atoms in total.